The quantitative estimate of drug-likeness (QED) is 0.772. The number of alkyl halides is 3. The first-order valence-electron chi connectivity index (χ1n) is 8.49. The smallest absolute Gasteiger partial charge is 0.433 e. The van der Waals surface area contributed by atoms with Crippen LogP contribution >= 0.6 is 0 Å². The van der Waals surface area contributed by atoms with Gasteiger partial charge in [0.2, 0.25) is 0 Å². The number of aromatic nitrogens is 1. The molecule has 0 radical (unpaired) electrons. The average molecular weight is 382 g/mol. The standard InChI is InChI=1S/C19H21F3N2O3/c1-4-26-15-8-6-13(10-16(15)27-5-2)12(3)24-18(25)14-7-9-17(23-11-14)19(20,21)22/h6-12H,4-5H2,1-3H3,(H,24,25). The number of pyridine rings is 1. The molecule has 27 heavy (non-hydrogen) atoms. The molecule has 0 aliphatic carbocycles. The molecule has 0 aliphatic rings. The van der Waals surface area contributed by atoms with Crippen LogP contribution in [0.3, 0.4) is 0 Å². The number of ether oxygens (including phenoxy) is 2. The second-order valence-corrected chi connectivity index (χ2v) is 5.70. The third kappa shape index (κ3) is 5.35. The van der Waals surface area contributed by atoms with E-state index in [2.05, 4.69) is 10.3 Å². The van der Waals surface area contributed by atoms with Crippen molar-refractivity contribution in [2.24, 2.45) is 0 Å². The van der Waals surface area contributed by atoms with E-state index in [-0.39, 0.29) is 5.56 Å². The summed E-state index contributed by atoms with van der Waals surface area (Å²) in [5, 5.41) is 2.73. The third-order valence-corrected chi connectivity index (χ3v) is 3.73. The van der Waals surface area contributed by atoms with E-state index in [0.29, 0.717) is 24.7 Å². The maximum Gasteiger partial charge on any atom is 0.433 e. The predicted octanol–water partition coefficient (Wildman–Crippen LogP) is 4.39. The lowest BCUT2D eigenvalue weighted by molar-refractivity contribution is -0.141. The number of benzene rings is 1. The van der Waals surface area contributed by atoms with Crippen molar-refractivity contribution in [1.82, 2.24) is 10.3 Å². The van der Waals surface area contributed by atoms with Crippen molar-refractivity contribution in [2.75, 3.05) is 13.2 Å². The lowest BCUT2D eigenvalue weighted by Crippen LogP contribution is -2.27. The van der Waals surface area contributed by atoms with Crippen molar-refractivity contribution in [2.45, 2.75) is 33.0 Å². The molecular formula is C19H21F3N2O3. The van der Waals surface area contributed by atoms with Gasteiger partial charge in [0.15, 0.2) is 11.5 Å². The van der Waals surface area contributed by atoms with Gasteiger partial charge in [-0.15, -0.1) is 0 Å². The summed E-state index contributed by atoms with van der Waals surface area (Å²) in [5.74, 6) is 0.651. The van der Waals surface area contributed by atoms with Gasteiger partial charge in [-0.25, -0.2) is 0 Å². The van der Waals surface area contributed by atoms with E-state index < -0.39 is 23.8 Å². The molecule has 0 saturated heterocycles. The van der Waals surface area contributed by atoms with Crippen LogP contribution in [0, 0.1) is 0 Å². The third-order valence-electron chi connectivity index (χ3n) is 3.73. The molecule has 1 unspecified atom stereocenters. The molecule has 0 fully saturated rings. The number of carbonyl (C=O) groups is 1. The highest BCUT2D eigenvalue weighted by Gasteiger charge is 2.32. The highest BCUT2D eigenvalue weighted by Crippen LogP contribution is 2.31. The average Bonchev–Trinajstić information content (AvgIpc) is 2.63. The van der Waals surface area contributed by atoms with Gasteiger partial charge in [-0.2, -0.15) is 13.2 Å². The molecule has 8 heteroatoms. The predicted molar refractivity (Wildman–Crippen MR) is 93.9 cm³/mol. The minimum absolute atomic E-state index is 0.0471. The second-order valence-electron chi connectivity index (χ2n) is 5.70. The van der Waals surface area contributed by atoms with Crippen molar-refractivity contribution in [3.05, 3.63) is 53.3 Å². The zero-order chi connectivity index (χ0) is 20.0. The number of nitrogens with zero attached hydrogens (tertiary/aromatic N) is 1. The Balaban J connectivity index is 2.12. The van der Waals surface area contributed by atoms with Gasteiger partial charge in [-0.1, -0.05) is 6.07 Å². The zero-order valence-electron chi connectivity index (χ0n) is 15.3. The summed E-state index contributed by atoms with van der Waals surface area (Å²) < 4.78 is 48.7. The monoisotopic (exact) mass is 382 g/mol. The number of carbonyl (C=O) groups excluding carboxylic acids is 1. The van der Waals surface area contributed by atoms with Crippen LogP contribution in [0.25, 0.3) is 0 Å². The van der Waals surface area contributed by atoms with Crippen LogP contribution in [0.2, 0.25) is 0 Å². The largest absolute Gasteiger partial charge is 0.490 e. The fourth-order valence-electron chi connectivity index (χ4n) is 2.40. The topological polar surface area (TPSA) is 60.5 Å². The fourth-order valence-corrected chi connectivity index (χ4v) is 2.40. The van der Waals surface area contributed by atoms with Crippen molar-refractivity contribution in [1.29, 1.82) is 0 Å². The molecule has 0 saturated carbocycles. The van der Waals surface area contributed by atoms with Crippen LogP contribution in [0.1, 0.15) is 48.4 Å². The summed E-state index contributed by atoms with van der Waals surface area (Å²) in [6, 6.07) is 6.81. The molecular weight excluding hydrogens is 361 g/mol. The van der Waals surface area contributed by atoms with Crippen LogP contribution < -0.4 is 14.8 Å². The molecule has 0 spiro atoms. The number of hydrogen-bond donors (Lipinski definition) is 1. The number of amides is 1. The summed E-state index contributed by atoms with van der Waals surface area (Å²) in [5.41, 5.74) is -0.221. The van der Waals surface area contributed by atoms with E-state index in [1.165, 1.54) is 0 Å². The Morgan fingerprint density at radius 3 is 2.33 bits per heavy atom. The van der Waals surface area contributed by atoms with Gasteiger partial charge in [0.05, 0.1) is 24.8 Å². The Bertz CT molecular complexity index is 777. The lowest BCUT2D eigenvalue weighted by Gasteiger charge is -2.17. The first-order valence-corrected chi connectivity index (χ1v) is 8.49. The summed E-state index contributed by atoms with van der Waals surface area (Å²) in [6.45, 7) is 6.44. The van der Waals surface area contributed by atoms with Crippen molar-refractivity contribution >= 4 is 5.91 Å². The maximum absolute atomic E-state index is 12.6. The summed E-state index contributed by atoms with van der Waals surface area (Å²) in [6.07, 6.45) is -3.63. The number of halogens is 3. The zero-order valence-corrected chi connectivity index (χ0v) is 15.3. The number of hydrogen-bond acceptors (Lipinski definition) is 4. The van der Waals surface area contributed by atoms with Gasteiger partial charge in [0.25, 0.3) is 5.91 Å². The molecule has 1 atom stereocenters. The molecule has 1 N–H and O–H groups in total. The minimum atomic E-state index is -4.54. The molecule has 146 valence electrons. The Morgan fingerprint density at radius 1 is 1.11 bits per heavy atom. The van der Waals surface area contributed by atoms with Crippen LogP contribution in [0.5, 0.6) is 11.5 Å². The van der Waals surface area contributed by atoms with Crippen LogP contribution in [0.4, 0.5) is 13.2 Å². The van der Waals surface area contributed by atoms with Crippen LogP contribution in [-0.4, -0.2) is 24.1 Å². The van der Waals surface area contributed by atoms with Gasteiger partial charge < -0.3 is 14.8 Å². The highest BCUT2D eigenvalue weighted by molar-refractivity contribution is 5.94. The first kappa shape index (κ1) is 20.5. The Labute approximate surface area is 155 Å². The van der Waals surface area contributed by atoms with Crippen LogP contribution in [0.15, 0.2) is 36.5 Å². The fraction of sp³-hybridized carbons (Fsp3) is 0.368. The first-order chi connectivity index (χ1) is 12.8. The van der Waals surface area contributed by atoms with E-state index >= 15 is 0 Å². The van der Waals surface area contributed by atoms with E-state index in [4.69, 9.17) is 9.47 Å². The van der Waals surface area contributed by atoms with Gasteiger partial charge in [0.1, 0.15) is 5.69 Å². The molecule has 2 rings (SSSR count). The number of nitrogens with one attached hydrogen (secondary N) is 1. The lowest BCUT2D eigenvalue weighted by atomic mass is 10.1. The number of rotatable bonds is 7. The SMILES string of the molecule is CCOc1ccc(C(C)NC(=O)c2ccc(C(F)(F)F)nc2)cc1OCC. The molecule has 1 amide bonds. The van der Waals surface area contributed by atoms with Gasteiger partial charge in [0, 0.05) is 6.20 Å². The summed E-state index contributed by atoms with van der Waals surface area (Å²) in [7, 11) is 0. The molecule has 0 aliphatic heterocycles. The normalized spacial score (nSPS) is 12.4. The van der Waals surface area contributed by atoms with E-state index in [0.717, 1.165) is 23.9 Å². The van der Waals surface area contributed by atoms with E-state index in [9.17, 15) is 18.0 Å². The van der Waals surface area contributed by atoms with Crippen molar-refractivity contribution in [3.63, 3.8) is 0 Å². The molecule has 2 aromatic rings. The highest BCUT2D eigenvalue weighted by atomic mass is 19.4. The van der Waals surface area contributed by atoms with Crippen molar-refractivity contribution in [3.8, 4) is 11.5 Å². The molecule has 1 aromatic heterocycles. The van der Waals surface area contributed by atoms with E-state index in [1.807, 2.05) is 13.8 Å². The second kappa shape index (κ2) is 8.75. The molecule has 0 bridgehead atoms. The van der Waals surface area contributed by atoms with Crippen molar-refractivity contribution < 1.29 is 27.4 Å². The molecule has 5 nitrogen and oxygen atoms in total. The van der Waals surface area contributed by atoms with E-state index in [1.54, 1.807) is 25.1 Å². The molecule has 1 heterocycles. The Morgan fingerprint density at radius 2 is 1.78 bits per heavy atom. The Kier molecular flexibility index (Phi) is 6.65. The molecule has 1 aromatic carbocycles. The van der Waals surface area contributed by atoms with Gasteiger partial charge in [-0.05, 0) is 50.6 Å². The van der Waals surface area contributed by atoms with Gasteiger partial charge >= 0.3 is 6.18 Å². The van der Waals surface area contributed by atoms with Crippen LogP contribution in [-0.2, 0) is 6.18 Å². The Hall–Kier alpha value is -2.77. The maximum atomic E-state index is 12.6. The summed E-state index contributed by atoms with van der Waals surface area (Å²) in [4.78, 5) is 15.6. The minimum Gasteiger partial charge on any atom is -0.490 e. The van der Waals surface area contributed by atoms with Gasteiger partial charge in [-0.3, -0.25) is 9.78 Å². The summed E-state index contributed by atoms with van der Waals surface area (Å²) >= 11 is 0.